The second kappa shape index (κ2) is 3.35. The average Bonchev–Trinajstić information content (AvgIpc) is 2.71. The van der Waals surface area contributed by atoms with Crippen LogP contribution in [-0.2, 0) is 6.42 Å². The van der Waals surface area contributed by atoms with E-state index in [0.717, 1.165) is 17.9 Å². The maximum Gasteiger partial charge on any atom is 0.156 e. The average molecular weight is 174 g/mol. The van der Waals surface area contributed by atoms with Gasteiger partial charge in [0, 0.05) is 12.4 Å². The van der Waals surface area contributed by atoms with Gasteiger partial charge in [-0.05, 0) is 6.42 Å². The van der Waals surface area contributed by atoms with E-state index in [4.69, 9.17) is 0 Å². The van der Waals surface area contributed by atoms with Gasteiger partial charge in [-0.2, -0.15) is 0 Å². The molecule has 0 aliphatic rings. The quantitative estimate of drug-likeness (QED) is 0.687. The standard InChI is InChI=1S/C9H10N4/c1-2-8-5-12-9(6-11-8)13-4-3-10-7-13/h3-7H,2H2,1H3. The van der Waals surface area contributed by atoms with E-state index in [1.54, 1.807) is 24.9 Å². The highest BCUT2D eigenvalue weighted by molar-refractivity contribution is 5.18. The molecule has 66 valence electrons. The second-order valence-corrected chi connectivity index (χ2v) is 2.69. The number of aromatic nitrogens is 4. The summed E-state index contributed by atoms with van der Waals surface area (Å²) < 4.78 is 1.83. The molecule has 4 heteroatoms. The molecule has 0 saturated heterocycles. The number of aryl methyl sites for hydroxylation is 1. The Morgan fingerprint density at radius 3 is 2.77 bits per heavy atom. The van der Waals surface area contributed by atoms with E-state index < -0.39 is 0 Å². The molecular weight excluding hydrogens is 164 g/mol. The van der Waals surface area contributed by atoms with Crippen molar-refractivity contribution in [3.63, 3.8) is 0 Å². The molecule has 2 heterocycles. The molecule has 0 spiro atoms. The molecule has 0 bridgehead atoms. The molecule has 0 aliphatic carbocycles. The minimum absolute atomic E-state index is 0.801. The van der Waals surface area contributed by atoms with Gasteiger partial charge in [0.25, 0.3) is 0 Å². The second-order valence-electron chi connectivity index (χ2n) is 2.69. The Labute approximate surface area is 76.3 Å². The van der Waals surface area contributed by atoms with Gasteiger partial charge in [-0.25, -0.2) is 9.97 Å². The van der Waals surface area contributed by atoms with Crippen molar-refractivity contribution >= 4 is 0 Å². The summed E-state index contributed by atoms with van der Waals surface area (Å²) >= 11 is 0. The van der Waals surface area contributed by atoms with Gasteiger partial charge in [0.15, 0.2) is 5.82 Å². The van der Waals surface area contributed by atoms with E-state index in [9.17, 15) is 0 Å². The van der Waals surface area contributed by atoms with Crippen LogP contribution in [0.5, 0.6) is 0 Å². The van der Waals surface area contributed by atoms with E-state index >= 15 is 0 Å². The van der Waals surface area contributed by atoms with Crippen LogP contribution in [0.4, 0.5) is 0 Å². The SMILES string of the molecule is CCc1cnc(-n2ccnc2)cn1. The highest BCUT2D eigenvalue weighted by atomic mass is 15.1. The highest BCUT2D eigenvalue weighted by Gasteiger charge is 1.96. The van der Waals surface area contributed by atoms with Gasteiger partial charge in [-0.1, -0.05) is 6.92 Å². The minimum atomic E-state index is 0.801. The summed E-state index contributed by atoms with van der Waals surface area (Å²) in [5, 5.41) is 0. The van der Waals surface area contributed by atoms with Crippen LogP contribution in [0, 0.1) is 0 Å². The monoisotopic (exact) mass is 174 g/mol. The van der Waals surface area contributed by atoms with Crippen molar-refractivity contribution in [1.82, 2.24) is 19.5 Å². The van der Waals surface area contributed by atoms with Crippen molar-refractivity contribution in [3.05, 3.63) is 36.8 Å². The lowest BCUT2D eigenvalue weighted by Gasteiger charge is -2.00. The minimum Gasteiger partial charge on any atom is -0.289 e. The first-order chi connectivity index (χ1) is 6.40. The zero-order valence-electron chi connectivity index (χ0n) is 7.38. The molecule has 0 amide bonds. The van der Waals surface area contributed by atoms with E-state index in [-0.39, 0.29) is 0 Å². The molecule has 0 saturated carbocycles. The Hall–Kier alpha value is -1.71. The fraction of sp³-hybridized carbons (Fsp3) is 0.222. The number of hydrogen-bond acceptors (Lipinski definition) is 3. The Balaban J connectivity index is 2.33. The van der Waals surface area contributed by atoms with Gasteiger partial charge < -0.3 is 0 Å². The summed E-state index contributed by atoms with van der Waals surface area (Å²) in [7, 11) is 0. The van der Waals surface area contributed by atoms with Crippen LogP contribution >= 0.6 is 0 Å². The van der Waals surface area contributed by atoms with Gasteiger partial charge in [0.1, 0.15) is 6.33 Å². The topological polar surface area (TPSA) is 43.6 Å². The number of rotatable bonds is 2. The van der Waals surface area contributed by atoms with Gasteiger partial charge >= 0.3 is 0 Å². The third-order valence-electron chi connectivity index (χ3n) is 1.82. The molecule has 0 aliphatic heterocycles. The summed E-state index contributed by atoms with van der Waals surface area (Å²) in [4.78, 5) is 12.4. The summed E-state index contributed by atoms with van der Waals surface area (Å²) in [5.74, 6) is 0.801. The zero-order chi connectivity index (χ0) is 9.10. The van der Waals surface area contributed by atoms with E-state index in [1.807, 2.05) is 10.8 Å². The zero-order valence-corrected chi connectivity index (χ0v) is 7.38. The maximum atomic E-state index is 4.25. The van der Waals surface area contributed by atoms with Crippen molar-refractivity contribution in [2.24, 2.45) is 0 Å². The Kier molecular flexibility index (Phi) is 2.04. The van der Waals surface area contributed by atoms with Crippen LogP contribution in [0.15, 0.2) is 31.1 Å². The number of hydrogen-bond donors (Lipinski definition) is 0. The van der Waals surface area contributed by atoms with Crippen LogP contribution in [0.2, 0.25) is 0 Å². The smallest absolute Gasteiger partial charge is 0.156 e. The van der Waals surface area contributed by atoms with Crippen LogP contribution in [0.25, 0.3) is 5.82 Å². The number of nitrogens with zero attached hydrogens (tertiary/aromatic N) is 4. The molecule has 0 unspecified atom stereocenters. The van der Waals surface area contributed by atoms with E-state index in [0.29, 0.717) is 0 Å². The molecule has 0 atom stereocenters. The Morgan fingerprint density at radius 1 is 1.31 bits per heavy atom. The molecule has 0 fully saturated rings. The first-order valence-electron chi connectivity index (χ1n) is 4.19. The van der Waals surface area contributed by atoms with Gasteiger partial charge in [-0.3, -0.25) is 9.55 Å². The summed E-state index contributed by atoms with van der Waals surface area (Å²) in [6.07, 6.45) is 9.72. The molecular formula is C9H10N4. The van der Waals surface area contributed by atoms with Crippen LogP contribution in [0.1, 0.15) is 12.6 Å². The normalized spacial score (nSPS) is 10.2. The number of imidazole rings is 1. The lowest BCUT2D eigenvalue weighted by Crippen LogP contribution is -1.97. The Bertz CT molecular complexity index is 363. The summed E-state index contributed by atoms with van der Waals surface area (Å²) in [5.41, 5.74) is 1.00. The van der Waals surface area contributed by atoms with Crippen LogP contribution < -0.4 is 0 Å². The van der Waals surface area contributed by atoms with E-state index in [1.165, 1.54) is 0 Å². The molecule has 0 radical (unpaired) electrons. The van der Waals surface area contributed by atoms with Gasteiger partial charge in [-0.15, -0.1) is 0 Å². The summed E-state index contributed by atoms with van der Waals surface area (Å²) in [6, 6.07) is 0. The van der Waals surface area contributed by atoms with Crippen molar-refractivity contribution in [2.75, 3.05) is 0 Å². The lowest BCUT2D eigenvalue weighted by atomic mass is 10.4. The molecule has 2 aromatic rings. The predicted molar refractivity (Wildman–Crippen MR) is 48.5 cm³/mol. The third kappa shape index (κ3) is 1.56. The van der Waals surface area contributed by atoms with Crippen molar-refractivity contribution in [1.29, 1.82) is 0 Å². The summed E-state index contributed by atoms with van der Waals surface area (Å²) in [6.45, 7) is 2.06. The molecule has 2 aromatic heterocycles. The van der Waals surface area contributed by atoms with Crippen LogP contribution in [0.3, 0.4) is 0 Å². The fourth-order valence-electron chi connectivity index (χ4n) is 1.06. The first kappa shape index (κ1) is 7.91. The van der Waals surface area contributed by atoms with Crippen molar-refractivity contribution < 1.29 is 0 Å². The highest BCUT2D eigenvalue weighted by Crippen LogP contribution is 2.01. The molecule has 13 heavy (non-hydrogen) atoms. The largest absolute Gasteiger partial charge is 0.289 e. The maximum absolute atomic E-state index is 4.25. The molecule has 0 aromatic carbocycles. The fourth-order valence-corrected chi connectivity index (χ4v) is 1.06. The van der Waals surface area contributed by atoms with Crippen molar-refractivity contribution in [2.45, 2.75) is 13.3 Å². The van der Waals surface area contributed by atoms with Crippen LogP contribution in [-0.4, -0.2) is 19.5 Å². The molecule has 0 N–H and O–H groups in total. The lowest BCUT2D eigenvalue weighted by molar-refractivity contribution is 0.928. The van der Waals surface area contributed by atoms with Crippen molar-refractivity contribution in [3.8, 4) is 5.82 Å². The van der Waals surface area contributed by atoms with E-state index in [2.05, 4.69) is 21.9 Å². The van der Waals surface area contributed by atoms with Gasteiger partial charge in [0.05, 0.1) is 18.1 Å². The predicted octanol–water partition coefficient (Wildman–Crippen LogP) is 1.22. The first-order valence-corrected chi connectivity index (χ1v) is 4.19. The molecule has 2 rings (SSSR count). The third-order valence-corrected chi connectivity index (χ3v) is 1.82. The van der Waals surface area contributed by atoms with Gasteiger partial charge in [0.2, 0.25) is 0 Å². The Morgan fingerprint density at radius 2 is 2.23 bits per heavy atom. The molecule has 4 nitrogen and oxygen atoms in total.